The molecule has 6 heteroatoms. The van der Waals surface area contributed by atoms with Gasteiger partial charge in [0.2, 0.25) is 6.23 Å². The molecule has 3 aromatic carbocycles. The minimum absolute atomic E-state index is 0.106. The van der Waals surface area contributed by atoms with Gasteiger partial charge in [-0.1, -0.05) is 15.9 Å². The maximum Gasteiger partial charge on any atom is 0.213 e. The quantitative estimate of drug-likeness (QED) is 0.444. The van der Waals surface area contributed by atoms with Crippen molar-refractivity contribution >= 4 is 21.6 Å². The summed E-state index contributed by atoms with van der Waals surface area (Å²) < 4.78 is 18.4. The van der Waals surface area contributed by atoms with Crippen LogP contribution >= 0.6 is 15.9 Å². The van der Waals surface area contributed by atoms with Crippen molar-refractivity contribution in [3.05, 3.63) is 87.9 Å². The van der Waals surface area contributed by atoms with Gasteiger partial charge in [-0.05, 0) is 79.2 Å². The lowest BCUT2D eigenvalue weighted by Gasteiger charge is -2.38. The summed E-state index contributed by atoms with van der Waals surface area (Å²) in [7, 11) is 1.68. The number of methoxy groups -OCH3 is 1. The summed E-state index contributed by atoms with van der Waals surface area (Å²) in [4.78, 5) is 0. The van der Waals surface area contributed by atoms with Crippen molar-refractivity contribution in [1.29, 1.82) is 0 Å². The van der Waals surface area contributed by atoms with Gasteiger partial charge in [-0.3, -0.25) is 0 Å². The van der Waals surface area contributed by atoms with Crippen molar-refractivity contribution in [2.24, 2.45) is 5.10 Å². The second-order valence-electron chi connectivity index (χ2n) is 7.53. The van der Waals surface area contributed by atoms with Gasteiger partial charge in [-0.25, -0.2) is 5.01 Å². The van der Waals surface area contributed by atoms with E-state index < -0.39 is 0 Å². The topological polar surface area (TPSA) is 43.3 Å². The van der Waals surface area contributed by atoms with Crippen LogP contribution in [0.15, 0.2) is 76.3 Å². The van der Waals surface area contributed by atoms with E-state index >= 15 is 0 Å². The maximum absolute atomic E-state index is 6.44. The Morgan fingerprint density at radius 2 is 1.77 bits per heavy atom. The Morgan fingerprint density at radius 1 is 1.03 bits per heavy atom. The highest BCUT2D eigenvalue weighted by Gasteiger charge is 2.41. The molecule has 158 valence electrons. The van der Waals surface area contributed by atoms with Gasteiger partial charge in [0.15, 0.2) is 0 Å². The summed E-state index contributed by atoms with van der Waals surface area (Å²) in [6.45, 7) is 2.63. The van der Waals surface area contributed by atoms with Crippen LogP contribution in [0.1, 0.15) is 42.3 Å². The number of ether oxygens (including phenoxy) is 3. The summed E-state index contributed by atoms with van der Waals surface area (Å²) in [5.41, 5.74) is 4.32. The highest BCUT2D eigenvalue weighted by molar-refractivity contribution is 9.10. The summed E-state index contributed by atoms with van der Waals surface area (Å²) in [5.74, 6) is 2.59. The Bertz CT molecular complexity index is 1110. The molecule has 2 aliphatic heterocycles. The van der Waals surface area contributed by atoms with Crippen LogP contribution in [0.25, 0.3) is 0 Å². The van der Waals surface area contributed by atoms with Crippen molar-refractivity contribution in [3.63, 3.8) is 0 Å². The third-order valence-corrected chi connectivity index (χ3v) is 6.14. The molecule has 5 rings (SSSR count). The Hall–Kier alpha value is -2.99. The van der Waals surface area contributed by atoms with Crippen molar-refractivity contribution in [3.8, 4) is 17.2 Å². The van der Waals surface area contributed by atoms with Crippen molar-refractivity contribution in [2.75, 3.05) is 13.7 Å². The molecule has 0 radical (unpaired) electrons. The molecule has 0 aliphatic carbocycles. The molecule has 0 aromatic heterocycles. The van der Waals surface area contributed by atoms with E-state index in [0.29, 0.717) is 6.61 Å². The molecule has 0 spiro atoms. The van der Waals surface area contributed by atoms with Crippen LogP contribution < -0.4 is 14.2 Å². The van der Waals surface area contributed by atoms with E-state index in [4.69, 9.17) is 19.3 Å². The largest absolute Gasteiger partial charge is 0.497 e. The third-order valence-electron chi connectivity index (χ3n) is 5.65. The predicted octanol–water partition coefficient (Wildman–Crippen LogP) is 6.10. The van der Waals surface area contributed by atoms with Crippen molar-refractivity contribution in [1.82, 2.24) is 5.01 Å². The van der Waals surface area contributed by atoms with E-state index in [2.05, 4.69) is 51.3 Å². The SMILES string of the molecule is CCOc1ccc(C2Oc3ccc(Br)cc3C3CC(c4ccc(OC)cc4)=NN32)cc1. The molecule has 0 bridgehead atoms. The summed E-state index contributed by atoms with van der Waals surface area (Å²) in [6.07, 6.45) is 0.511. The smallest absolute Gasteiger partial charge is 0.213 e. The number of halogens is 1. The van der Waals surface area contributed by atoms with E-state index in [-0.39, 0.29) is 12.3 Å². The van der Waals surface area contributed by atoms with Crippen molar-refractivity contribution < 1.29 is 14.2 Å². The fraction of sp³-hybridized carbons (Fsp3) is 0.240. The number of nitrogens with zero attached hydrogens (tertiary/aromatic N) is 2. The number of hydrogen-bond acceptors (Lipinski definition) is 5. The first kappa shape index (κ1) is 19.9. The van der Waals surface area contributed by atoms with Crippen LogP contribution in [0.4, 0.5) is 0 Å². The van der Waals surface area contributed by atoms with Gasteiger partial charge < -0.3 is 14.2 Å². The molecule has 0 saturated carbocycles. The first-order chi connectivity index (χ1) is 15.2. The summed E-state index contributed by atoms with van der Waals surface area (Å²) in [6, 6.07) is 22.4. The van der Waals surface area contributed by atoms with Gasteiger partial charge in [-0.2, -0.15) is 5.10 Å². The molecule has 0 saturated heterocycles. The number of hydrazone groups is 1. The first-order valence-corrected chi connectivity index (χ1v) is 11.1. The average molecular weight is 479 g/mol. The zero-order valence-corrected chi connectivity index (χ0v) is 19.0. The molecule has 0 N–H and O–H groups in total. The second kappa shape index (κ2) is 8.27. The van der Waals surface area contributed by atoms with Crippen LogP contribution in [-0.4, -0.2) is 24.4 Å². The number of benzene rings is 3. The van der Waals surface area contributed by atoms with Crippen LogP contribution in [0.3, 0.4) is 0 Å². The zero-order chi connectivity index (χ0) is 21.4. The Morgan fingerprint density at radius 3 is 2.48 bits per heavy atom. The van der Waals surface area contributed by atoms with Gasteiger partial charge in [0, 0.05) is 22.0 Å². The molecule has 5 nitrogen and oxygen atoms in total. The molecule has 2 unspecified atom stereocenters. The van der Waals surface area contributed by atoms with Gasteiger partial charge in [0.1, 0.15) is 17.2 Å². The second-order valence-corrected chi connectivity index (χ2v) is 8.45. The lowest BCUT2D eigenvalue weighted by atomic mass is 9.96. The van der Waals surface area contributed by atoms with E-state index in [0.717, 1.165) is 50.5 Å². The predicted molar refractivity (Wildman–Crippen MR) is 124 cm³/mol. The molecule has 2 heterocycles. The standard InChI is InChI=1S/C25H23BrN2O3/c1-3-30-20-11-6-17(7-12-20)25-28-23(21-14-18(26)8-13-24(21)31-25)15-22(27-28)16-4-9-19(29-2)10-5-16/h4-14,23,25H,3,15H2,1-2H3. The van der Waals surface area contributed by atoms with Crippen LogP contribution in [0.2, 0.25) is 0 Å². The molecular weight excluding hydrogens is 456 g/mol. The van der Waals surface area contributed by atoms with E-state index in [1.807, 2.05) is 43.3 Å². The number of fused-ring (bicyclic) bond motifs is 3. The minimum Gasteiger partial charge on any atom is -0.497 e. The van der Waals surface area contributed by atoms with E-state index in [9.17, 15) is 0 Å². The fourth-order valence-corrected chi connectivity index (χ4v) is 4.51. The monoisotopic (exact) mass is 478 g/mol. The molecule has 3 aromatic rings. The molecule has 0 fully saturated rings. The van der Waals surface area contributed by atoms with Crippen molar-refractivity contribution in [2.45, 2.75) is 25.6 Å². The molecular formula is C25H23BrN2O3. The van der Waals surface area contributed by atoms with E-state index in [1.165, 1.54) is 0 Å². The average Bonchev–Trinajstić information content (AvgIpc) is 3.25. The normalized spacial score (nSPS) is 19.2. The van der Waals surface area contributed by atoms with Crippen LogP contribution in [0.5, 0.6) is 17.2 Å². The highest BCUT2D eigenvalue weighted by atomic mass is 79.9. The van der Waals surface area contributed by atoms with Gasteiger partial charge in [0.05, 0.1) is 25.5 Å². The lowest BCUT2D eigenvalue weighted by Crippen LogP contribution is -2.33. The van der Waals surface area contributed by atoms with E-state index in [1.54, 1.807) is 7.11 Å². The van der Waals surface area contributed by atoms with Gasteiger partial charge in [0.25, 0.3) is 0 Å². The number of hydrogen-bond donors (Lipinski definition) is 0. The molecule has 2 atom stereocenters. The molecule has 2 aliphatic rings. The molecule has 31 heavy (non-hydrogen) atoms. The number of rotatable bonds is 5. The Labute approximate surface area is 190 Å². The first-order valence-electron chi connectivity index (χ1n) is 10.4. The summed E-state index contributed by atoms with van der Waals surface area (Å²) >= 11 is 3.61. The third kappa shape index (κ3) is 3.76. The highest BCUT2D eigenvalue weighted by Crippen LogP contribution is 2.48. The molecule has 0 amide bonds. The zero-order valence-electron chi connectivity index (χ0n) is 17.4. The van der Waals surface area contributed by atoms with Gasteiger partial charge in [-0.15, -0.1) is 0 Å². The minimum atomic E-state index is -0.301. The van der Waals surface area contributed by atoms with Crippen LogP contribution in [0, 0.1) is 0 Å². The lowest BCUT2D eigenvalue weighted by molar-refractivity contribution is -0.0191. The Balaban J connectivity index is 1.53. The maximum atomic E-state index is 6.44. The van der Waals surface area contributed by atoms with Gasteiger partial charge >= 0.3 is 0 Å². The summed E-state index contributed by atoms with van der Waals surface area (Å²) in [5, 5.41) is 7.11. The van der Waals surface area contributed by atoms with Crippen LogP contribution in [-0.2, 0) is 0 Å². The Kier molecular flexibility index (Phi) is 5.32. The fourth-order valence-electron chi connectivity index (χ4n) is 4.13.